The standard InChI is InChI=1S/C17H28N4O3/c1-3-18-17(21-11-12-24-4-2)20-10-6-9-19-16(23)14-7-5-8-15(22)13-14/h5,7-8,13,22H,3-4,6,9-12H2,1-2H3,(H,19,23)(H2,18,20,21). The van der Waals surface area contributed by atoms with E-state index in [1.54, 1.807) is 12.1 Å². The molecule has 1 aromatic rings. The molecule has 0 aliphatic carbocycles. The number of hydrogen-bond donors (Lipinski definition) is 4. The molecule has 0 spiro atoms. The number of phenols is 1. The highest BCUT2D eigenvalue weighted by molar-refractivity contribution is 5.94. The lowest BCUT2D eigenvalue weighted by Crippen LogP contribution is -2.39. The molecule has 1 rings (SSSR count). The zero-order chi connectivity index (χ0) is 17.6. The van der Waals surface area contributed by atoms with Gasteiger partial charge in [-0.3, -0.25) is 9.79 Å². The molecule has 0 heterocycles. The van der Waals surface area contributed by atoms with Crippen LogP contribution >= 0.6 is 0 Å². The number of amides is 1. The van der Waals surface area contributed by atoms with Crippen molar-refractivity contribution >= 4 is 11.9 Å². The van der Waals surface area contributed by atoms with Gasteiger partial charge in [0.1, 0.15) is 5.75 Å². The second-order valence-electron chi connectivity index (χ2n) is 5.04. The van der Waals surface area contributed by atoms with E-state index in [-0.39, 0.29) is 11.7 Å². The molecule has 0 aromatic heterocycles. The van der Waals surface area contributed by atoms with Crippen LogP contribution in [0.25, 0.3) is 0 Å². The minimum atomic E-state index is -0.198. The number of hydrogen-bond acceptors (Lipinski definition) is 4. The van der Waals surface area contributed by atoms with Crippen LogP contribution < -0.4 is 16.0 Å². The Morgan fingerprint density at radius 1 is 1.21 bits per heavy atom. The number of aliphatic imine (C=N–C) groups is 1. The molecule has 0 aliphatic rings. The van der Waals surface area contributed by atoms with E-state index >= 15 is 0 Å². The average molecular weight is 336 g/mol. The van der Waals surface area contributed by atoms with E-state index in [0.717, 1.165) is 18.9 Å². The number of nitrogens with zero attached hydrogens (tertiary/aromatic N) is 1. The van der Waals surface area contributed by atoms with Gasteiger partial charge in [0, 0.05) is 38.3 Å². The molecule has 7 heteroatoms. The highest BCUT2D eigenvalue weighted by atomic mass is 16.5. The van der Waals surface area contributed by atoms with Gasteiger partial charge < -0.3 is 25.8 Å². The average Bonchev–Trinajstić information content (AvgIpc) is 2.58. The minimum Gasteiger partial charge on any atom is -0.508 e. The zero-order valence-corrected chi connectivity index (χ0v) is 14.5. The summed E-state index contributed by atoms with van der Waals surface area (Å²) in [6.07, 6.45) is 0.729. The maximum atomic E-state index is 11.9. The van der Waals surface area contributed by atoms with Crippen molar-refractivity contribution in [3.8, 4) is 5.75 Å². The second kappa shape index (κ2) is 12.2. The fourth-order valence-electron chi connectivity index (χ4n) is 1.95. The van der Waals surface area contributed by atoms with Crippen LogP contribution in [-0.4, -0.2) is 56.4 Å². The summed E-state index contributed by atoms with van der Waals surface area (Å²) in [7, 11) is 0. The Morgan fingerprint density at radius 2 is 2.04 bits per heavy atom. The molecule has 1 amide bonds. The number of carbonyl (C=O) groups excluding carboxylic acids is 1. The van der Waals surface area contributed by atoms with Crippen LogP contribution in [0.5, 0.6) is 5.75 Å². The van der Waals surface area contributed by atoms with Crippen molar-refractivity contribution < 1.29 is 14.6 Å². The largest absolute Gasteiger partial charge is 0.508 e. The van der Waals surface area contributed by atoms with Crippen LogP contribution in [0, 0.1) is 0 Å². The zero-order valence-electron chi connectivity index (χ0n) is 14.5. The van der Waals surface area contributed by atoms with Gasteiger partial charge in [-0.1, -0.05) is 6.07 Å². The first-order chi connectivity index (χ1) is 11.7. The normalized spacial score (nSPS) is 11.2. The van der Waals surface area contributed by atoms with Crippen molar-refractivity contribution in [2.45, 2.75) is 20.3 Å². The van der Waals surface area contributed by atoms with Crippen molar-refractivity contribution in [1.82, 2.24) is 16.0 Å². The molecule has 24 heavy (non-hydrogen) atoms. The summed E-state index contributed by atoms with van der Waals surface area (Å²) in [4.78, 5) is 16.3. The van der Waals surface area contributed by atoms with Crippen LogP contribution in [0.2, 0.25) is 0 Å². The predicted octanol–water partition coefficient (Wildman–Crippen LogP) is 1.10. The van der Waals surface area contributed by atoms with Gasteiger partial charge in [-0.05, 0) is 38.5 Å². The Morgan fingerprint density at radius 3 is 2.75 bits per heavy atom. The lowest BCUT2D eigenvalue weighted by Gasteiger charge is -2.11. The van der Waals surface area contributed by atoms with E-state index in [1.807, 2.05) is 13.8 Å². The van der Waals surface area contributed by atoms with Crippen LogP contribution in [0.15, 0.2) is 29.3 Å². The Hall–Kier alpha value is -2.28. The molecular formula is C17H28N4O3. The number of phenolic OH excluding ortho intramolecular Hbond substituents is 1. The van der Waals surface area contributed by atoms with Gasteiger partial charge >= 0.3 is 0 Å². The lowest BCUT2D eigenvalue weighted by molar-refractivity contribution is 0.0953. The summed E-state index contributed by atoms with van der Waals surface area (Å²) >= 11 is 0. The quantitative estimate of drug-likeness (QED) is 0.292. The molecule has 0 fully saturated rings. The Balaban J connectivity index is 2.27. The number of ether oxygens (including phenoxy) is 1. The van der Waals surface area contributed by atoms with E-state index in [4.69, 9.17) is 4.74 Å². The molecule has 7 nitrogen and oxygen atoms in total. The van der Waals surface area contributed by atoms with Gasteiger partial charge in [-0.25, -0.2) is 0 Å². The van der Waals surface area contributed by atoms with E-state index in [0.29, 0.717) is 38.4 Å². The summed E-state index contributed by atoms with van der Waals surface area (Å²) < 4.78 is 5.27. The van der Waals surface area contributed by atoms with Gasteiger partial charge in [0.25, 0.3) is 5.91 Å². The minimum absolute atomic E-state index is 0.0839. The van der Waals surface area contributed by atoms with Crippen molar-refractivity contribution in [1.29, 1.82) is 0 Å². The highest BCUT2D eigenvalue weighted by Gasteiger charge is 2.04. The molecule has 0 saturated heterocycles. The molecule has 0 atom stereocenters. The smallest absolute Gasteiger partial charge is 0.251 e. The van der Waals surface area contributed by atoms with Gasteiger partial charge in [0.15, 0.2) is 5.96 Å². The summed E-state index contributed by atoms with van der Waals surface area (Å²) in [5, 5.41) is 18.5. The molecular weight excluding hydrogens is 308 g/mol. The first-order valence-corrected chi connectivity index (χ1v) is 8.34. The molecule has 0 radical (unpaired) electrons. The Labute approximate surface area is 143 Å². The number of aromatic hydroxyl groups is 1. The maximum Gasteiger partial charge on any atom is 0.251 e. The second-order valence-corrected chi connectivity index (χ2v) is 5.04. The molecule has 134 valence electrons. The van der Waals surface area contributed by atoms with Crippen LogP contribution in [0.3, 0.4) is 0 Å². The predicted molar refractivity (Wildman–Crippen MR) is 95.5 cm³/mol. The molecule has 0 bridgehead atoms. The van der Waals surface area contributed by atoms with Gasteiger partial charge in [-0.2, -0.15) is 0 Å². The molecule has 0 aliphatic heterocycles. The number of benzene rings is 1. The highest BCUT2D eigenvalue weighted by Crippen LogP contribution is 2.10. The van der Waals surface area contributed by atoms with Crippen molar-refractivity contribution in [3.05, 3.63) is 29.8 Å². The summed E-state index contributed by atoms with van der Waals surface area (Å²) in [6.45, 7) is 7.93. The number of rotatable bonds is 10. The first-order valence-electron chi connectivity index (χ1n) is 8.34. The number of nitrogens with one attached hydrogen (secondary N) is 3. The van der Waals surface area contributed by atoms with E-state index in [1.165, 1.54) is 12.1 Å². The van der Waals surface area contributed by atoms with Crippen molar-refractivity contribution in [2.24, 2.45) is 4.99 Å². The van der Waals surface area contributed by atoms with Crippen molar-refractivity contribution in [2.75, 3.05) is 39.4 Å². The summed E-state index contributed by atoms with van der Waals surface area (Å²) in [5.74, 6) is 0.633. The van der Waals surface area contributed by atoms with E-state index in [9.17, 15) is 9.90 Å². The Kier molecular flexibility index (Phi) is 10.0. The van der Waals surface area contributed by atoms with Crippen LogP contribution in [0.4, 0.5) is 0 Å². The topological polar surface area (TPSA) is 95.0 Å². The summed E-state index contributed by atoms with van der Waals surface area (Å²) in [5.41, 5.74) is 0.449. The number of guanidine groups is 1. The number of carbonyl (C=O) groups is 1. The molecule has 4 N–H and O–H groups in total. The first kappa shape index (κ1) is 19.8. The molecule has 0 unspecified atom stereocenters. The fraction of sp³-hybridized carbons (Fsp3) is 0.529. The van der Waals surface area contributed by atoms with E-state index < -0.39 is 0 Å². The van der Waals surface area contributed by atoms with Crippen molar-refractivity contribution in [3.63, 3.8) is 0 Å². The van der Waals surface area contributed by atoms with Gasteiger partial charge in [0.05, 0.1) is 6.61 Å². The maximum absolute atomic E-state index is 11.9. The third-order valence-corrected chi connectivity index (χ3v) is 3.09. The molecule has 0 saturated carbocycles. The third kappa shape index (κ3) is 8.38. The van der Waals surface area contributed by atoms with Crippen LogP contribution in [-0.2, 0) is 4.74 Å². The van der Waals surface area contributed by atoms with E-state index in [2.05, 4.69) is 20.9 Å². The monoisotopic (exact) mass is 336 g/mol. The SMILES string of the molecule is CCNC(=NCCCNC(=O)c1cccc(O)c1)NCCOCC. The Bertz CT molecular complexity index is 520. The van der Waals surface area contributed by atoms with Gasteiger partial charge in [0.2, 0.25) is 0 Å². The summed E-state index contributed by atoms with van der Waals surface area (Å²) in [6, 6.07) is 6.29. The van der Waals surface area contributed by atoms with Crippen LogP contribution in [0.1, 0.15) is 30.6 Å². The third-order valence-electron chi connectivity index (χ3n) is 3.09. The fourth-order valence-corrected chi connectivity index (χ4v) is 1.95. The lowest BCUT2D eigenvalue weighted by atomic mass is 10.2. The molecule has 1 aromatic carbocycles. The van der Waals surface area contributed by atoms with Gasteiger partial charge in [-0.15, -0.1) is 0 Å².